The van der Waals surface area contributed by atoms with Crippen molar-refractivity contribution in [2.75, 3.05) is 10.2 Å². The van der Waals surface area contributed by atoms with Crippen LogP contribution in [0.4, 0.5) is 11.4 Å². The average Bonchev–Trinajstić information content (AvgIpc) is 3.19. The van der Waals surface area contributed by atoms with Crippen LogP contribution in [0.2, 0.25) is 15.1 Å². The van der Waals surface area contributed by atoms with Crippen LogP contribution >= 0.6 is 34.8 Å². The number of aromatic nitrogens is 1. The van der Waals surface area contributed by atoms with Gasteiger partial charge in [0, 0.05) is 29.7 Å². The summed E-state index contributed by atoms with van der Waals surface area (Å²) in [7, 11) is 0. The number of rotatable bonds is 3. The Balaban J connectivity index is 1.43. The quantitative estimate of drug-likeness (QED) is 0.326. The lowest BCUT2D eigenvalue weighted by molar-refractivity contribution is 0.0983. The minimum atomic E-state index is -0.487. The Morgan fingerprint density at radius 2 is 1.56 bits per heavy atom. The van der Waals surface area contributed by atoms with Gasteiger partial charge in [0.2, 0.25) is 0 Å². The van der Waals surface area contributed by atoms with Crippen molar-refractivity contribution in [3.63, 3.8) is 0 Å². The van der Waals surface area contributed by atoms with Gasteiger partial charge in [-0.1, -0.05) is 59.1 Å². The number of para-hydroxylation sites is 1. The molecule has 5 nitrogen and oxygen atoms in total. The number of benzene rings is 3. The molecule has 3 aromatic carbocycles. The molecule has 2 amide bonds. The topological polar surface area (TPSA) is 54.3 Å². The lowest BCUT2D eigenvalue weighted by Gasteiger charge is -2.23. The summed E-state index contributed by atoms with van der Waals surface area (Å²) in [6, 6.07) is 21.5. The fourth-order valence-electron chi connectivity index (χ4n) is 4.07. The van der Waals surface area contributed by atoms with E-state index in [2.05, 4.69) is 9.88 Å². The highest BCUT2D eigenvalue weighted by molar-refractivity contribution is 6.41. The molecule has 1 aliphatic rings. The zero-order valence-electron chi connectivity index (χ0n) is 17.8. The van der Waals surface area contributed by atoms with Gasteiger partial charge in [-0.25, -0.2) is 0 Å². The standard InChI is InChI=1S/C26H18Cl3N3O2/c27-19-7-3-8-20(28)24(19)25(33)30-22-11-10-16(13-21(22)29)26(34)32-15-18-6-4-12-31(18)14-17-5-1-2-9-23(17)32/h1-13H,14-15H2,(H,30,33). The first-order valence-corrected chi connectivity index (χ1v) is 11.6. The summed E-state index contributed by atoms with van der Waals surface area (Å²) >= 11 is 18.7. The van der Waals surface area contributed by atoms with Gasteiger partial charge in [-0.2, -0.15) is 0 Å². The van der Waals surface area contributed by atoms with E-state index in [1.807, 2.05) is 42.6 Å². The van der Waals surface area contributed by atoms with Gasteiger partial charge in [0.05, 0.1) is 32.9 Å². The number of nitrogens with zero attached hydrogens (tertiary/aromatic N) is 2. The van der Waals surface area contributed by atoms with E-state index in [4.69, 9.17) is 34.8 Å². The Kier molecular flexibility index (Phi) is 6.09. The number of carbonyl (C=O) groups is 2. The molecule has 1 N–H and O–H groups in total. The van der Waals surface area contributed by atoms with E-state index >= 15 is 0 Å². The van der Waals surface area contributed by atoms with Crippen LogP contribution in [0, 0.1) is 0 Å². The van der Waals surface area contributed by atoms with Crippen LogP contribution in [0.15, 0.2) is 79.0 Å². The van der Waals surface area contributed by atoms with Crippen molar-refractivity contribution < 1.29 is 9.59 Å². The number of fused-ring (bicyclic) bond motifs is 2. The number of amides is 2. The third-order valence-electron chi connectivity index (χ3n) is 5.77. The van der Waals surface area contributed by atoms with Crippen molar-refractivity contribution in [1.29, 1.82) is 0 Å². The van der Waals surface area contributed by atoms with Crippen LogP contribution in [-0.2, 0) is 13.1 Å². The maximum Gasteiger partial charge on any atom is 0.258 e. The number of carbonyl (C=O) groups excluding carboxylic acids is 2. The van der Waals surface area contributed by atoms with E-state index in [0.717, 1.165) is 16.9 Å². The van der Waals surface area contributed by atoms with Gasteiger partial charge in [0.25, 0.3) is 11.8 Å². The maximum atomic E-state index is 13.6. The van der Waals surface area contributed by atoms with Gasteiger partial charge in [-0.15, -0.1) is 0 Å². The predicted molar refractivity (Wildman–Crippen MR) is 136 cm³/mol. The fourth-order valence-corrected chi connectivity index (χ4v) is 4.87. The van der Waals surface area contributed by atoms with Crippen molar-refractivity contribution >= 4 is 58.0 Å². The zero-order chi connectivity index (χ0) is 23.8. The molecule has 34 heavy (non-hydrogen) atoms. The van der Waals surface area contributed by atoms with Crippen LogP contribution in [0.5, 0.6) is 0 Å². The van der Waals surface area contributed by atoms with E-state index in [9.17, 15) is 9.59 Å². The summed E-state index contributed by atoms with van der Waals surface area (Å²) in [6.07, 6.45) is 2.01. The van der Waals surface area contributed by atoms with Gasteiger partial charge in [0.15, 0.2) is 0 Å². The molecule has 0 unspecified atom stereocenters. The van der Waals surface area contributed by atoms with Crippen LogP contribution in [0.25, 0.3) is 0 Å². The molecular weight excluding hydrogens is 493 g/mol. The molecule has 0 radical (unpaired) electrons. The Morgan fingerprint density at radius 1 is 0.794 bits per heavy atom. The van der Waals surface area contributed by atoms with E-state index in [1.54, 1.807) is 41.3 Å². The van der Waals surface area contributed by atoms with E-state index in [1.165, 1.54) is 0 Å². The molecule has 0 bridgehead atoms. The van der Waals surface area contributed by atoms with Crippen LogP contribution in [0.1, 0.15) is 32.0 Å². The second-order valence-corrected chi connectivity index (χ2v) is 9.11. The lowest BCUT2D eigenvalue weighted by atomic mass is 10.1. The van der Waals surface area contributed by atoms with Gasteiger partial charge >= 0.3 is 0 Å². The summed E-state index contributed by atoms with van der Waals surface area (Å²) in [5.74, 6) is -0.671. The number of halogens is 3. The van der Waals surface area contributed by atoms with Crippen molar-refractivity contribution in [3.05, 3.63) is 116 Å². The second kappa shape index (κ2) is 9.18. The van der Waals surface area contributed by atoms with Gasteiger partial charge in [0.1, 0.15) is 0 Å². The van der Waals surface area contributed by atoms with E-state index < -0.39 is 5.91 Å². The first-order valence-electron chi connectivity index (χ1n) is 10.5. The largest absolute Gasteiger partial charge is 0.345 e. The number of hydrogen-bond acceptors (Lipinski definition) is 2. The minimum absolute atomic E-state index is 0.159. The molecule has 8 heteroatoms. The van der Waals surface area contributed by atoms with Crippen LogP contribution < -0.4 is 10.2 Å². The highest BCUT2D eigenvalue weighted by Gasteiger charge is 2.25. The number of hydrogen-bond donors (Lipinski definition) is 1. The average molecular weight is 511 g/mol. The monoisotopic (exact) mass is 509 g/mol. The first-order chi connectivity index (χ1) is 16.4. The number of anilines is 2. The maximum absolute atomic E-state index is 13.6. The molecule has 170 valence electrons. The zero-order valence-corrected chi connectivity index (χ0v) is 20.0. The Hall–Kier alpha value is -3.25. The van der Waals surface area contributed by atoms with Gasteiger partial charge in [-0.3, -0.25) is 9.59 Å². The molecule has 0 aliphatic carbocycles. The molecule has 1 aromatic heterocycles. The minimum Gasteiger partial charge on any atom is -0.345 e. The lowest BCUT2D eigenvalue weighted by Crippen LogP contribution is -2.30. The van der Waals surface area contributed by atoms with Gasteiger partial charge in [-0.05, 0) is 54.1 Å². The van der Waals surface area contributed by atoms with Gasteiger partial charge < -0.3 is 14.8 Å². The normalized spacial score (nSPS) is 12.5. The molecule has 0 saturated heterocycles. The molecular formula is C26H18Cl3N3O2. The van der Waals surface area contributed by atoms with Crippen LogP contribution in [-0.4, -0.2) is 16.4 Å². The highest BCUT2D eigenvalue weighted by Crippen LogP contribution is 2.32. The van der Waals surface area contributed by atoms with Crippen molar-refractivity contribution in [1.82, 2.24) is 4.57 Å². The molecule has 2 heterocycles. The summed E-state index contributed by atoms with van der Waals surface area (Å²) in [5.41, 5.74) is 3.87. The highest BCUT2D eigenvalue weighted by atomic mass is 35.5. The predicted octanol–water partition coefficient (Wildman–Crippen LogP) is 6.91. The third kappa shape index (κ3) is 4.18. The van der Waals surface area contributed by atoms with E-state index in [-0.39, 0.29) is 26.5 Å². The van der Waals surface area contributed by atoms with E-state index in [0.29, 0.717) is 24.3 Å². The fraction of sp³-hybridized carbons (Fsp3) is 0.0769. The molecule has 0 saturated carbocycles. The summed E-state index contributed by atoms with van der Waals surface area (Å²) in [4.78, 5) is 28.1. The summed E-state index contributed by atoms with van der Waals surface area (Å²) in [5, 5.41) is 3.42. The Bertz CT molecular complexity index is 1410. The van der Waals surface area contributed by atoms with Crippen molar-refractivity contribution in [2.45, 2.75) is 13.1 Å². The summed E-state index contributed by atoms with van der Waals surface area (Å²) in [6.45, 7) is 1.13. The Morgan fingerprint density at radius 3 is 2.32 bits per heavy atom. The Labute approximate surface area is 211 Å². The third-order valence-corrected chi connectivity index (χ3v) is 6.71. The first kappa shape index (κ1) is 22.5. The molecule has 1 aliphatic heterocycles. The summed E-state index contributed by atoms with van der Waals surface area (Å²) < 4.78 is 2.14. The molecule has 0 atom stereocenters. The molecule has 4 aromatic rings. The van der Waals surface area contributed by atoms with Crippen molar-refractivity contribution in [3.8, 4) is 0 Å². The SMILES string of the molecule is O=C(Nc1ccc(C(=O)N2Cc3cccn3Cc3ccccc32)cc1Cl)c1c(Cl)cccc1Cl. The van der Waals surface area contributed by atoms with Crippen molar-refractivity contribution in [2.24, 2.45) is 0 Å². The molecule has 0 spiro atoms. The van der Waals surface area contributed by atoms with Crippen LogP contribution in [0.3, 0.4) is 0 Å². The smallest absolute Gasteiger partial charge is 0.258 e. The molecule has 0 fully saturated rings. The molecule has 5 rings (SSSR count). The second-order valence-electron chi connectivity index (χ2n) is 7.89. The number of nitrogens with one attached hydrogen (secondary N) is 1.